The van der Waals surface area contributed by atoms with Crippen LogP contribution >= 0.6 is 0 Å². The Kier molecular flexibility index (Phi) is 2.70. The van der Waals surface area contributed by atoms with E-state index in [9.17, 15) is 19.7 Å². The summed E-state index contributed by atoms with van der Waals surface area (Å²) in [5, 5.41) is 10.7. The predicted octanol–water partition coefficient (Wildman–Crippen LogP) is 0.574. The van der Waals surface area contributed by atoms with Gasteiger partial charge >= 0.3 is 5.69 Å². The van der Waals surface area contributed by atoms with E-state index in [-0.39, 0.29) is 22.8 Å². The van der Waals surface area contributed by atoms with Crippen molar-refractivity contribution in [2.45, 2.75) is 19.9 Å². The van der Waals surface area contributed by atoms with Crippen LogP contribution in [0.25, 0.3) is 11.0 Å². The molecule has 2 aromatic rings. The van der Waals surface area contributed by atoms with E-state index in [2.05, 4.69) is 9.97 Å². The Morgan fingerprint density at radius 3 is 2.67 bits per heavy atom. The molecule has 0 saturated carbocycles. The van der Waals surface area contributed by atoms with Crippen molar-refractivity contribution in [3.63, 3.8) is 0 Å². The van der Waals surface area contributed by atoms with Gasteiger partial charge in [0.15, 0.2) is 0 Å². The molecule has 0 bridgehead atoms. The highest BCUT2D eigenvalue weighted by atomic mass is 16.6. The van der Waals surface area contributed by atoms with Crippen molar-refractivity contribution in [3.8, 4) is 0 Å². The first-order chi connectivity index (χ1) is 8.41. The van der Waals surface area contributed by atoms with Crippen molar-refractivity contribution in [1.82, 2.24) is 14.5 Å². The van der Waals surface area contributed by atoms with E-state index in [1.54, 1.807) is 13.8 Å². The summed E-state index contributed by atoms with van der Waals surface area (Å²) in [6.07, 6.45) is 0.997. The molecule has 0 fully saturated rings. The Hall–Kier alpha value is -2.51. The maximum atomic E-state index is 12.0. The van der Waals surface area contributed by atoms with Gasteiger partial charge in [-0.15, -0.1) is 0 Å². The fourth-order valence-electron chi connectivity index (χ4n) is 1.67. The Bertz CT molecular complexity index is 744. The molecule has 94 valence electrons. The van der Waals surface area contributed by atoms with Gasteiger partial charge in [-0.2, -0.15) is 0 Å². The van der Waals surface area contributed by atoms with Crippen molar-refractivity contribution in [1.29, 1.82) is 0 Å². The first-order valence-corrected chi connectivity index (χ1v) is 5.20. The van der Waals surface area contributed by atoms with E-state index in [4.69, 9.17) is 0 Å². The minimum absolute atomic E-state index is 0.0255. The van der Waals surface area contributed by atoms with E-state index in [0.29, 0.717) is 0 Å². The maximum Gasteiger partial charge on any atom is 0.330 e. The number of nitrogens with zero attached hydrogens (tertiary/aromatic N) is 3. The molecule has 0 aromatic carbocycles. The topological polar surface area (TPSA) is 111 Å². The lowest BCUT2D eigenvalue weighted by Crippen LogP contribution is -2.36. The van der Waals surface area contributed by atoms with E-state index < -0.39 is 16.2 Å². The SMILES string of the molecule is CC(C)n1c(=O)[nH]c2ncc([N+](=O)[O-])cc2c1=O. The number of H-pyrrole nitrogens is 1. The van der Waals surface area contributed by atoms with Crippen molar-refractivity contribution < 1.29 is 4.92 Å². The monoisotopic (exact) mass is 250 g/mol. The van der Waals surface area contributed by atoms with Crippen LogP contribution in [0.2, 0.25) is 0 Å². The molecule has 8 nitrogen and oxygen atoms in total. The zero-order chi connectivity index (χ0) is 13.4. The third-order valence-electron chi connectivity index (χ3n) is 2.49. The fraction of sp³-hybridized carbons (Fsp3) is 0.300. The predicted molar refractivity (Wildman–Crippen MR) is 63.7 cm³/mol. The summed E-state index contributed by atoms with van der Waals surface area (Å²) in [5.74, 6) is 0. The molecule has 0 atom stereocenters. The van der Waals surface area contributed by atoms with Gasteiger partial charge < -0.3 is 0 Å². The number of rotatable bonds is 2. The van der Waals surface area contributed by atoms with Gasteiger partial charge in [0, 0.05) is 12.1 Å². The van der Waals surface area contributed by atoms with Crippen LogP contribution in [0, 0.1) is 10.1 Å². The number of nitrogens with one attached hydrogen (secondary N) is 1. The molecule has 0 aliphatic rings. The average molecular weight is 250 g/mol. The molecule has 0 radical (unpaired) electrons. The van der Waals surface area contributed by atoms with Gasteiger partial charge in [0.2, 0.25) is 0 Å². The van der Waals surface area contributed by atoms with Crippen LogP contribution in [-0.4, -0.2) is 19.5 Å². The van der Waals surface area contributed by atoms with Crippen molar-refractivity contribution in [2.75, 3.05) is 0 Å². The highest BCUT2D eigenvalue weighted by Crippen LogP contribution is 2.13. The third-order valence-corrected chi connectivity index (χ3v) is 2.49. The summed E-state index contributed by atoms with van der Waals surface area (Å²) in [6.45, 7) is 3.35. The van der Waals surface area contributed by atoms with Crippen LogP contribution in [0.15, 0.2) is 21.9 Å². The summed E-state index contributed by atoms with van der Waals surface area (Å²) in [6, 6.07) is 0.768. The number of hydrogen-bond donors (Lipinski definition) is 1. The van der Waals surface area contributed by atoms with E-state index in [1.165, 1.54) is 0 Å². The molecule has 2 aromatic heterocycles. The van der Waals surface area contributed by atoms with Crippen LogP contribution in [0.4, 0.5) is 5.69 Å². The molecule has 8 heteroatoms. The van der Waals surface area contributed by atoms with Crippen LogP contribution in [0.1, 0.15) is 19.9 Å². The van der Waals surface area contributed by atoms with Crippen molar-refractivity contribution in [3.05, 3.63) is 43.2 Å². The van der Waals surface area contributed by atoms with Crippen LogP contribution in [0.5, 0.6) is 0 Å². The molecule has 1 N–H and O–H groups in total. The Morgan fingerprint density at radius 2 is 2.11 bits per heavy atom. The lowest BCUT2D eigenvalue weighted by Gasteiger charge is -2.08. The Balaban J connectivity index is 2.90. The van der Waals surface area contributed by atoms with Gasteiger partial charge in [-0.1, -0.05) is 0 Å². The number of aromatic amines is 1. The van der Waals surface area contributed by atoms with E-state index in [0.717, 1.165) is 16.8 Å². The van der Waals surface area contributed by atoms with Gasteiger partial charge in [-0.05, 0) is 13.8 Å². The molecule has 0 saturated heterocycles. The highest BCUT2D eigenvalue weighted by Gasteiger charge is 2.14. The fourth-order valence-corrected chi connectivity index (χ4v) is 1.67. The minimum Gasteiger partial charge on any atom is -0.291 e. The summed E-state index contributed by atoms with van der Waals surface area (Å²) in [7, 11) is 0. The standard InChI is InChI=1S/C10H10N4O4/c1-5(2)13-9(15)7-3-6(14(17)18)4-11-8(7)12-10(13)16/h3-5H,1-2H3,(H,11,12,16). The number of fused-ring (bicyclic) bond motifs is 1. The zero-order valence-corrected chi connectivity index (χ0v) is 9.71. The van der Waals surface area contributed by atoms with E-state index in [1.807, 2.05) is 0 Å². The van der Waals surface area contributed by atoms with Gasteiger partial charge in [-0.3, -0.25) is 24.5 Å². The molecular weight excluding hydrogens is 240 g/mol. The summed E-state index contributed by atoms with van der Waals surface area (Å²) in [5.41, 5.74) is -1.40. The minimum atomic E-state index is -0.642. The smallest absolute Gasteiger partial charge is 0.291 e. The van der Waals surface area contributed by atoms with Crippen LogP contribution < -0.4 is 11.2 Å². The average Bonchev–Trinajstić information content (AvgIpc) is 2.27. The normalized spacial score (nSPS) is 11.1. The molecule has 0 spiro atoms. The molecule has 18 heavy (non-hydrogen) atoms. The summed E-state index contributed by atoms with van der Waals surface area (Å²) >= 11 is 0. The number of aromatic nitrogens is 3. The van der Waals surface area contributed by atoms with E-state index >= 15 is 0 Å². The molecule has 0 unspecified atom stereocenters. The summed E-state index contributed by atoms with van der Waals surface area (Å²) < 4.78 is 0.994. The second kappa shape index (κ2) is 4.06. The van der Waals surface area contributed by atoms with Gasteiger partial charge in [0.1, 0.15) is 11.8 Å². The van der Waals surface area contributed by atoms with Crippen molar-refractivity contribution in [2.24, 2.45) is 0 Å². The highest BCUT2D eigenvalue weighted by molar-refractivity contribution is 5.75. The Labute approximate surface area is 100 Å². The lowest BCUT2D eigenvalue weighted by atomic mass is 10.3. The number of pyridine rings is 1. The quantitative estimate of drug-likeness (QED) is 0.618. The van der Waals surface area contributed by atoms with Crippen LogP contribution in [-0.2, 0) is 0 Å². The second-order valence-corrected chi connectivity index (χ2v) is 4.05. The maximum absolute atomic E-state index is 12.0. The van der Waals surface area contributed by atoms with Gasteiger partial charge in [0.25, 0.3) is 11.2 Å². The molecular formula is C10H10N4O4. The molecule has 0 amide bonds. The zero-order valence-electron chi connectivity index (χ0n) is 9.71. The molecule has 0 aliphatic carbocycles. The Morgan fingerprint density at radius 1 is 1.44 bits per heavy atom. The number of hydrogen-bond acceptors (Lipinski definition) is 5. The summed E-state index contributed by atoms with van der Waals surface area (Å²) in [4.78, 5) is 39.8. The third kappa shape index (κ3) is 1.77. The van der Waals surface area contributed by atoms with Gasteiger partial charge in [-0.25, -0.2) is 9.78 Å². The molecule has 0 aliphatic heterocycles. The lowest BCUT2D eigenvalue weighted by molar-refractivity contribution is -0.385. The largest absolute Gasteiger partial charge is 0.330 e. The molecule has 2 rings (SSSR count). The number of nitro groups is 1. The molecule has 2 heterocycles. The first kappa shape index (κ1) is 12.0. The van der Waals surface area contributed by atoms with Crippen molar-refractivity contribution >= 4 is 16.7 Å². The first-order valence-electron chi connectivity index (χ1n) is 5.20. The van der Waals surface area contributed by atoms with Crippen LogP contribution in [0.3, 0.4) is 0 Å². The second-order valence-electron chi connectivity index (χ2n) is 4.05. The van der Waals surface area contributed by atoms with Gasteiger partial charge in [0.05, 0.1) is 10.3 Å².